The molecule has 3 heterocycles. The third kappa shape index (κ3) is 5.24. The van der Waals surface area contributed by atoms with E-state index in [0.717, 1.165) is 35.7 Å². The van der Waals surface area contributed by atoms with E-state index in [9.17, 15) is 0 Å². The molecule has 3 aromatic heterocycles. The second kappa shape index (κ2) is 9.57. The highest BCUT2D eigenvalue weighted by Gasteiger charge is 2.17. The number of nitrogens with zero attached hydrogens (tertiary/aromatic N) is 4. The summed E-state index contributed by atoms with van der Waals surface area (Å²) in [5.74, 6) is 1.45. The molecule has 7 nitrogen and oxygen atoms in total. The van der Waals surface area contributed by atoms with Crippen LogP contribution in [0.3, 0.4) is 0 Å². The van der Waals surface area contributed by atoms with Gasteiger partial charge in [-0.05, 0) is 36.4 Å². The van der Waals surface area contributed by atoms with Crippen molar-refractivity contribution in [2.24, 2.45) is 0 Å². The van der Waals surface area contributed by atoms with Gasteiger partial charge in [-0.2, -0.15) is 5.10 Å². The number of nitrogens with one attached hydrogen (secondary N) is 3. The largest absolute Gasteiger partial charge is 0.374 e. The third-order valence-corrected chi connectivity index (χ3v) is 4.52. The molecule has 0 amide bonds. The summed E-state index contributed by atoms with van der Waals surface area (Å²) in [6.45, 7) is 1.53. The molecule has 1 aromatic carbocycles. The molecule has 0 aliphatic heterocycles. The number of hydrogen-bond donors (Lipinski definition) is 3. The molecule has 29 heavy (non-hydrogen) atoms. The monoisotopic (exact) mass is 385 g/mol. The maximum atomic E-state index is 4.70. The lowest BCUT2D eigenvalue weighted by atomic mass is 10.2. The highest BCUT2D eigenvalue weighted by atomic mass is 15.2. The van der Waals surface area contributed by atoms with Crippen LogP contribution >= 0.6 is 0 Å². The molecule has 0 aliphatic carbocycles. The normalized spacial score (nSPS) is 11.9. The summed E-state index contributed by atoms with van der Waals surface area (Å²) in [6.07, 6.45) is 6.18. The Morgan fingerprint density at radius 1 is 0.897 bits per heavy atom. The molecule has 0 fully saturated rings. The number of para-hydroxylation sites is 1. The van der Waals surface area contributed by atoms with E-state index in [1.54, 1.807) is 12.4 Å². The van der Waals surface area contributed by atoms with Crippen molar-refractivity contribution in [1.29, 1.82) is 0 Å². The number of aromatic amines is 1. The van der Waals surface area contributed by atoms with Gasteiger partial charge in [-0.1, -0.05) is 24.3 Å². The lowest BCUT2D eigenvalue weighted by Gasteiger charge is -2.18. The molecule has 146 valence electrons. The number of anilines is 1. The van der Waals surface area contributed by atoms with Crippen molar-refractivity contribution in [3.05, 3.63) is 90.8 Å². The van der Waals surface area contributed by atoms with E-state index >= 15 is 0 Å². The molecular formula is C22H23N7. The Labute approximate surface area is 169 Å². The Bertz CT molecular complexity index is 987. The smallest absolute Gasteiger partial charge is 0.181 e. The first kappa shape index (κ1) is 18.8. The van der Waals surface area contributed by atoms with Gasteiger partial charge in [0.05, 0.1) is 6.04 Å². The van der Waals surface area contributed by atoms with Gasteiger partial charge in [0.2, 0.25) is 0 Å². The maximum absolute atomic E-state index is 4.70. The molecule has 0 saturated carbocycles. The predicted octanol–water partition coefficient (Wildman–Crippen LogP) is 3.25. The zero-order valence-electron chi connectivity index (χ0n) is 16.0. The Kier molecular flexibility index (Phi) is 6.19. The second-order valence-corrected chi connectivity index (χ2v) is 6.62. The average molecular weight is 385 g/mol. The van der Waals surface area contributed by atoms with E-state index in [-0.39, 0.29) is 6.04 Å². The van der Waals surface area contributed by atoms with Gasteiger partial charge in [0.25, 0.3) is 0 Å². The van der Waals surface area contributed by atoms with Gasteiger partial charge in [-0.15, -0.1) is 0 Å². The molecule has 0 radical (unpaired) electrons. The summed E-state index contributed by atoms with van der Waals surface area (Å²) in [6, 6.07) is 19.8. The van der Waals surface area contributed by atoms with Crippen LogP contribution in [0.1, 0.15) is 17.6 Å². The zero-order valence-corrected chi connectivity index (χ0v) is 16.0. The Hall–Kier alpha value is -3.58. The Morgan fingerprint density at radius 3 is 2.52 bits per heavy atom. The standard InChI is InChI=1S/C22H23N7/c1-2-7-19(8-3-1)26-20(16-24-15-11-18-6-4-5-12-25-18)22-27-21(28-29-22)17-9-13-23-14-10-17/h1-10,12-14,20,24,26H,11,15-16H2,(H,27,28,29). The third-order valence-electron chi connectivity index (χ3n) is 4.52. The average Bonchev–Trinajstić information content (AvgIpc) is 3.28. The molecule has 0 aliphatic rings. The predicted molar refractivity (Wildman–Crippen MR) is 113 cm³/mol. The number of H-pyrrole nitrogens is 1. The quantitative estimate of drug-likeness (QED) is 0.383. The van der Waals surface area contributed by atoms with Crippen LogP contribution in [0.5, 0.6) is 0 Å². The van der Waals surface area contributed by atoms with Gasteiger partial charge in [0, 0.05) is 55.0 Å². The summed E-state index contributed by atoms with van der Waals surface area (Å²) in [7, 11) is 0. The van der Waals surface area contributed by atoms with Crippen molar-refractivity contribution in [3.63, 3.8) is 0 Å². The highest BCUT2D eigenvalue weighted by Crippen LogP contribution is 2.19. The molecular weight excluding hydrogens is 362 g/mol. The van der Waals surface area contributed by atoms with Crippen molar-refractivity contribution in [2.45, 2.75) is 12.5 Å². The molecule has 0 saturated heterocycles. The first-order valence-corrected chi connectivity index (χ1v) is 9.63. The fraction of sp³-hybridized carbons (Fsp3) is 0.182. The van der Waals surface area contributed by atoms with Gasteiger partial charge in [0.1, 0.15) is 5.82 Å². The van der Waals surface area contributed by atoms with Gasteiger partial charge < -0.3 is 10.6 Å². The van der Waals surface area contributed by atoms with Crippen molar-refractivity contribution >= 4 is 5.69 Å². The van der Waals surface area contributed by atoms with Crippen LogP contribution in [0, 0.1) is 0 Å². The van der Waals surface area contributed by atoms with Crippen LogP contribution in [0.2, 0.25) is 0 Å². The fourth-order valence-electron chi connectivity index (χ4n) is 3.02. The van der Waals surface area contributed by atoms with E-state index in [1.165, 1.54) is 0 Å². The molecule has 1 atom stereocenters. The summed E-state index contributed by atoms with van der Waals surface area (Å²) in [5, 5.41) is 14.5. The molecule has 4 rings (SSSR count). The van der Waals surface area contributed by atoms with Crippen LogP contribution in [0.15, 0.2) is 79.3 Å². The minimum Gasteiger partial charge on any atom is -0.374 e. The first-order valence-electron chi connectivity index (χ1n) is 9.63. The van der Waals surface area contributed by atoms with Crippen LogP contribution in [-0.4, -0.2) is 38.2 Å². The number of rotatable bonds is 9. The second-order valence-electron chi connectivity index (χ2n) is 6.62. The number of aromatic nitrogens is 5. The summed E-state index contributed by atoms with van der Waals surface area (Å²) >= 11 is 0. The fourth-order valence-corrected chi connectivity index (χ4v) is 3.02. The van der Waals surface area contributed by atoms with Crippen LogP contribution in [0.25, 0.3) is 11.4 Å². The van der Waals surface area contributed by atoms with Gasteiger partial charge in [-0.25, -0.2) is 4.98 Å². The van der Waals surface area contributed by atoms with Gasteiger partial charge >= 0.3 is 0 Å². The minimum atomic E-state index is -0.0516. The summed E-state index contributed by atoms with van der Waals surface area (Å²) in [5.41, 5.74) is 3.04. The summed E-state index contributed by atoms with van der Waals surface area (Å²) in [4.78, 5) is 13.1. The van der Waals surface area contributed by atoms with Crippen molar-refractivity contribution < 1.29 is 0 Å². The lowest BCUT2D eigenvalue weighted by molar-refractivity contribution is 0.600. The van der Waals surface area contributed by atoms with E-state index in [2.05, 4.69) is 30.8 Å². The maximum Gasteiger partial charge on any atom is 0.181 e. The number of benzene rings is 1. The van der Waals surface area contributed by atoms with Crippen molar-refractivity contribution in [3.8, 4) is 11.4 Å². The van der Waals surface area contributed by atoms with E-state index < -0.39 is 0 Å². The topological polar surface area (TPSA) is 91.4 Å². The highest BCUT2D eigenvalue weighted by molar-refractivity contribution is 5.53. The van der Waals surface area contributed by atoms with E-state index in [0.29, 0.717) is 12.4 Å². The zero-order chi connectivity index (χ0) is 19.7. The van der Waals surface area contributed by atoms with Crippen molar-refractivity contribution in [2.75, 3.05) is 18.4 Å². The molecule has 3 N–H and O–H groups in total. The Balaban J connectivity index is 1.44. The molecule has 1 unspecified atom stereocenters. The van der Waals surface area contributed by atoms with Gasteiger partial charge in [-0.3, -0.25) is 15.1 Å². The first-order chi connectivity index (χ1) is 14.4. The molecule has 7 heteroatoms. The minimum absolute atomic E-state index is 0.0516. The van der Waals surface area contributed by atoms with Gasteiger partial charge in [0.15, 0.2) is 5.82 Å². The lowest BCUT2D eigenvalue weighted by Crippen LogP contribution is -2.29. The molecule has 0 bridgehead atoms. The van der Waals surface area contributed by atoms with Crippen LogP contribution in [0.4, 0.5) is 5.69 Å². The summed E-state index contributed by atoms with van der Waals surface area (Å²) < 4.78 is 0. The van der Waals surface area contributed by atoms with Crippen molar-refractivity contribution in [1.82, 2.24) is 30.5 Å². The molecule has 4 aromatic rings. The van der Waals surface area contributed by atoms with Crippen LogP contribution in [-0.2, 0) is 6.42 Å². The Morgan fingerprint density at radius 2 is 1.72 bits per heavy atom. The SMILES string of the molecule is c1ccc(NC(CNCCc2ccccn2)c2nc(-c3ccncc3)n[nH]2)cc1. The van der Waals surface area contributed by atoms with Crippen LogP contribution < -0.4 is 10.6 Å². The number of hydrogen-bond acceptors (Lipinski definition) is 6. The molecule has 0 spiro atoms. The van der Waals surface area contributed by atoms with E-state index in [1.807, 2.05) is 66.9 Å². The number of pyridine rings is 2. The van der Waals surface area contributed by atoms with E-state index in [4.69, 9.17) is 4.98 Å².